The van der Waals surface area contributed by atoms with Crippen molar-refractivity contribution in [3.05, 3.63) is 59.8 Å². The fraction of sp³-hybridized carbons (Fsp3) is 0.190. The first-order valence-corrected chi connectivity index (χ1v) is 12.2. The molecule has 0 aliphatic heterocycles. The van der Waals surface area contributed by atoms with Crippen molar-refractivity contribution in [1.82, 2.24) is 14.8 Å². The van der Waals surface area contributed by atoms with Gasteiger partial charge in [-0.25, -0.2) is 13.4 Å². The lowest BCUT2D eigenvalue weighted by Crippen LogP contribution is -2.15. The second-order valence-electron chi connectivity index (χ2n) is 6.87. The highest BCUT2D eigenvalue weighted by molar-refractivity contribution is 7.90. The lowest BCUT2D eigenvalue weighted by Gasteiger charge is -2.07. The summed E-state index contributed by atoms with van der Waals surface area (Å²) in [5, 5.41) is 7.86. The molecule has 1 N–H and O–H groups in total. The minimum Gasteiger partial charge on any atom is -0.492 e. The van der Waals surface area contributed by atoms with Crippen molar-refractivity contribution in [2.24, 2.45) is 0 Å². The summed E-state index contributed by atoms with van der Waals surface area (Å²) in [5.41, 5.74) is 1.66. The largest absolute Gasteiger partial charge is 0.492 e. The van der Waals surface area contributed by atoms with Gasteiger partial charge < -0.3 is 10.1 Å². The molecule has 0 atom stereocenters. The van der Waals surface area contributed by atoms with Crippen LogP contribution < -0.4 is 10.1 Å². The fourth-order valence-corrected chi connectivity index (χ4v) is 4.68. The number of aromatic nitrogens is 3. The summed E-state index contributed by atoms with van der Waals surface area (Å²) in [6, 6.07) is 13.3. The van der Waals surface area contributed by atoms with Gasteiger partial charge in [0, 0.05) is 17.9 Å². The highest BCUT2D eigenvalue weighted by Crippen LogP contribution is 2.32. The molecule has 2 heterocycles. The molecule has 0 saturated heterocycles. The number of carbonyl (C=O) groups excluding carboxylic acids is 1. The van der Waals surface area contributed by atoms with Gasteiger partial charge in [-0.2, -0.15) is 9.78 Å². The summed E-state index contributed by atoms with van der Waals surface area (Å²) in [6.45, 7) is 4.26. The Balaban J connectivity index is 1.69. The predicted octanol–water partition coefficient (Wildman–Crippen LogP) is 3.84. The molecule has 160 valence electrons. The minimum atomic E-state index is -3.42. The number of ether oxygens (including phenoxy) is 1. The van der Waals surface area contributed by atoms with Crippen LogP contribution in [0.25, 0.3) is 15.3 Å². The van der Waals surface area contributed by atoms with Gasteiger partial charge in [-0.05, 0) is 44.2 Å². The number of fused-ring (bicyclic) bond motifs is 1. The number of carbonyl (C=O) groups is 1. The molecule has 0 aliphatic carbocycles. The van der Waals surface area contributed by atoms with Gasteiger partial charge in [0.25, 0.3) is 5.91 Å². The van der Waals surface area contributed by atoms with Crippen LogP contribution in [-0.4, -0.2) is 42.0 Å². The molecule has 2 aromatic heterocycles. The van der Waals surface area contributed by atoms with E-state index in [9.17, 15) is 13.2 Å². The highest BCUT2D eigenvalue weighted by Gasteiger charge is 2.18. The maximum atomic E-state index is 12.8. The monoisotopic (exact) mass is 456 g/mol. The van der Waals surface area contributed by atoms with Crippen LogP contribution in [0.5, 0.6) is 5.75 Å². The standard InChI is InChI=1S/C21H20N4O4S2/c1-4-29-16-9-6-10-17-19(16)23-21(30-17)25-18(11-13(2)24-25)22-20(26)14-7-5-8-15(12-14)31(3,27)28/h5-12H,4H2,1-3H3,(H,22,26). The van der Waals surface area contributed by atoms with Crippen LogP contribution in [0.15, 0.2) is 53.4 Å². The van der Waals surface area contributed by atoms with E-state index in [0.717, 1.165) is 16.5 Å². The summed E-state index contributed by atoms with van der Waals surface area (Å²) < 4.78 is 31.8. The zero-order valence-corrected chi connectivity index (χ0v) is 18.8. The van der Waals surface area contributed by atoms with Gasteiger partial charge in [0.1, 0.15) is 17.1 Å². The normalized spacial score (nSPS) is 11.6. The Labute approximate surface area is 183 Å². The third-order valence-electron chi connectivity index (χ3n) is 4.45. The number of benzene rings is 2. The fourth-order valence-electron chi connectivity index (χ4n) is 3.06. The van der Waals surface area contributed by atoms with Crippen molar-refractivity contribution >= 4 is 43.1 Å². The smallest absolute Gasteiger partial charge is 0.256 e. The van der Waals surface area contributed by atoms with Gasteiger partial charge in [0.05, 0.1) is 21.9 Å². The van der Waals surface area contributed by atoms with Crippen molar-refractivity contribution in [3.8, 4) is 10.9 Å². The number of hydrogen-bond donors (Lipinski definition) is 1. The summed E-state index contributed by atoms with van der Waals surface area (Å²) in [7, 11) is -3.42. The zero-order chi connectivity index (χ0) is 22.2. The number of nitrogens with zero attached hydrogens (tertiary/aromatic N) is 3. The minimum absolute atomic E-state index is 0.0828. The molecule has 4 rings (SSSR count). The average Bonchev–Trinajstić information content (AvgIpc) is 3.31. The van der Waals surface area contributed by atoms with E-state index in [4.69, 9.17) is 4.74 Å². The number of nitrogens with one attached hydrogen (secondary N) is 1. The molecule has 4 aromatic rings. The second-order valence-corrected chi connectivity index (χ2v) is 9.89. The van der Waals surface area contributed by atoms with Crippen molar-refractivity contribution in [2.75, 3.05) is 18.2 Å². The van der Waals surface area contributed by atoms with E-state index < -0.39 is 15.7 Å². The maximum Gasteiger partial charge on any atom is 0.256 e. The first-order valence-electron chi connectivity index (χ1n) is 9.47. The van der Waals surface area contributed by atoms with Crippen LogP contribution in [-0.2, 0) is 9.84 Å². The molecule has 8 nitrogen and oxygen atoms in total. The highest BCUT2D eigenvalue weighted by atomic mass is 32.2. The van der Waals surface area contributed by atoms with Gasteiger partial charge in [-0.15, -0.1) is 0 Å². The third-order valence-corrected chi connectivity index (χ3v) is 6.56. The number of anilines is 1. The molecule has 2 aromatic carbocycles. The van der Waals surface area contributed by atoms with E-state index in [1.807, 2.05) is 32.0 Å². The van der Waals surface area contributed by atoms with E-state index in [-0.39, 0.29) is 10.5 Å². The topological polar surface area (TPSA) is 103 Å². The van der Waals surface area contributed by atoms with Crippen LogP contribution in [0, 0.1) is 6.92 Å². The number of hydrogen-bond acceptors (Lipinski definition) is 7. The number of amides is 1. The first kappa shape index (κ1) is 21.0. The average molecular weight is 457 g/mol. The Bertz CT molecular complexity index is 1390. The third kappa shape index (κ3) is 4.30. The Kier molecular flexibility index (Phi) is 5.50. The first-order chi connectivity index (χ1) is 14.8. The van der Waals surface area contributed by atoms with Crippen LogP contribution in [0.1, 0.15) is 23.0 Å². The Morgan fingerprint density at radius 2 is 1.97 bits per heavy atom. The summed E-state index contributed by atoms with van der Waals surface area (Å²) in [4.78, 5) is 17.6. The van der Waals surface area contributed by atoms with Crippen LogP contribution in [0.2, 0.25) is 0 Å². The van der Waals surface area contributed by atoms with E-state index in [1.54, 1.807) is 16.8 Å². The van der Waals surface area contributed by atoms with Crippen LogP contribution in [0.3, 0.4) is 0 Å². The number of sulfone groups is 1. The Hall–Kier alpha value is -3.24. The lowest BCUT2D eigenvalue weighted by molar-refractivity contribution is 0.102. The molecule has 0 radical (unpaired) electrons. The molecule has 0 unspecified atom stereocenters. The zero-order valence-electron chi connectivity index (χ0n) is 17.1. The van der Waals surface area contributed by atoms with E-state index in [2.05, 4.69) is 15.4 Å². The summed E-state index contributed by atoms with van der Waals surface area (Å²) in [5.74, 6) is 0.682. The van der Waals surface area contributed by atoms with Gasteiger partial charge in [0.15, 0.2) is 9.84 Å². The SMILES string of the molecule is CCOc1cccc2sc(-n3nc(C)cc3NC(=O)c3cccc(S(C)(=O)=O)c3)nc12. The number of thiazole rings is 1. The van der Waals surface area contributed by atoms with Crippen molar-refractivity contribution in [3.63, 3.8) is 0 Å². The summed E-state index contributed by atoms with van der Waals surface area (Å²) in [6.07, 6.45) is 1.10. The van der Waals surface area contributed by atoms with Crippen molar-refractivity contribution in [2.45, 2.75) is 18.7 Å². The van der Waals surface area contributed by atoms with Gasteiger partial charge >= 0.3 is 0 Å². The quantitative estimate of drug-likeness (QED) is 0.473. The van der Waals surface area contributed by atoms with Crippen LogP contribution in [0.4, 0.5) is 5.82 Å². The van der Waals surface area contributed by atoms with Gasteiger partial charge in [-0.1, -0.05) is 23.5 Å². The van der Waals surface area contributed by atoms with Crippen molar-refractivity contribution < 1.29 is 17.9 Å². The molecule has 1 amide bonds. The van der Waals surface area contributed by atoms with Crippen molar-refractivity contribution in [1.29, 1.82) is 0 Å². The molecular formula is C21H20N4O4S2. The number of para-hydroxylation sites is 1. The molecular weight excluding hydrogens is 436 g/mol. The van der Waals surface area contributed by atoms with Gasteiger partial charge in [-0.3, -0.25) is 4.79 Å². The molecule has 10 heteroatoms. The molecule has 0 fully saturated rings. The molecule has 0 saturated carbocycles. The molecule has 0 aliphatic rings. The van der Waals surface area contributed by atoms with E-state index in [0.29, 0.717) is 29.0 Å². The van der Waals surface area contributed by atoms with E-state index in [1.165, 1.54) is 29.5 Å². The Morgan fingerprint density at radius 3 is 2.71 bits per heavy atom. The molecule has 0 bridgehead atoms. The molecule has 31 heavy (non-hydrogen) atoms. The lowest BCUT2D eigenvalue weighted by atomic mass is 10.2. The second kappa shape index (κ2) is 8.12. The Morgan fingerprint density at radius 1 is 1.19 bits per heavy atom. The van der Waals surface area contributed by atoms with E-state index >= 15 is 0 Å². The maximum absolute atomic E-state index is 12.8. The number of aryl methyl sites for hydroxylation is 1. The molecule has 0 spiro atoms. The number of rotatable bonds is 6. The summed E-state index contributed by atoms with van der Waals surface area (Å²) >= 11 is 1.43. The predicted molar refractivity (Wildman–Crippen MR) is 120 cm³/mol. The van der Waals surface area contributed by atoms with Gasteiger partial charge in [0.2, 0.25) is 5.13 Å². The van der Waals surface area contributed by atoms with Crippen LogP contribution >= 0.6 is 11.3 Å².